The summed E-state index contributed by atoms with van der Waals surface area (Å²) in [6, 6.07) is 9.52. The summed E-state index contributed by atoms with van der Waals surface area (Å²) in [4.78, 5) is 9.60. The fourth-order valence-electron chi connectivity index (χ4n) is 0.595. The fourth-order valence-corrected chi connectivity index (χ4v) is 0.595. The molecule has 0 aliphatic heterocycles. The topological polar surface area (TPSA) is 46.5 Å². The fraction of sp³-hybridized carbons (Fsp3) is 0.0833. The van der Waals surface area contributed by atoms with Gasteiger partial charge in [0.05, 0.1) is 6.26 Å². The van der Waals surface area contributed by atoms with Crippen molar-refractivity contribution in [2.24, 2.45) is 0 Å². The summed E-state index contributed by atoms with van der Waals surface area (Å²) in [6.07, 6.45) is 1.41. The Morgan fingerprint density at radius 2 is 1.87 bits per heavy atom. The number of benzene rings is 1. The van der Waals surface area contributed by atoms with E-state index in [4.69, 9.17) is 9.84 Å². The SMILES string of the molecule is C=C(C)C(=O)O.C=COc1ccccc1. The Kier molecular flexibility index (Phi) is 6.38. The average Bonchev–Trinajstić information content (AvgIpc) is 2.20. The van der Waals surface area contributed by atoms with E-state index in [0.717, 1.165) is 5.75 Å². The Hall–Kier alpha value is -2.03. The molecule has 0 amide bonds. The average molecular weight is 206 g/mol. The molecule has 1 rings (SSSR count). The smallest absolute Gasteiger partial charge is 0.330 e. The van der Waals surface area contributed by atoms with Crippen LogP contribution < -0.4 is 4.74 Å². The van der Waals surface area contributed by atoms with E-state index in [-0.39, 0.29) is 5.57 Å². The van der Waals surface area contributed by atoms with Crippen LogP contribution in [0.2, 0.25) is 0 Å². The molecule has 0 aliphatic rings. The first kappa shape index (κ1) is 13.0. The molecule has 0 aromatic heterocycles. The zero-order valence-corrected chi connectivity index (χ0v) is 8.64. The normalized spacial score (nSPS) is 8.07. The van der Waals surface area contributed by atoms with Crippen molar-refractivity contribution in [3.63, 3.8) is 0 Å². The van der Waals surface area contributed by atoms with E-state index in [1.165, 1.54) is 13.2 Å². The van der Waals surface area contributed by atoms with Crippen molar-refractivity contribution in [1.82, 2.24) is 0 Å². The van der Waals surface area contributed by atoms with Crippen LogP contribution in [0.1, 0.15) is 6.92 Å². The minimum atomic E-state index is -0.935. The quantitative estimate of drug-likeness (QED) is 0.611. The Labute approximate surface area is 89.3 Å². The third-order valence-corrected chi connectivity index (χ3v) is 1.33. The lowest BCUT2D eigenvalue weighted by molar-refractivity contribution is -0.132. The number of hydrogen-bond acceptors (Lipinski definition) is 2. The molecule has 3 heteroatoms. The number of carboxylic acids is 1. The lowest BCUT2D eigenvalue weighted by Crippen LogP contribution is -1.92. The minimum Gasteiger partial charge on any atom is -0.478 e. The Morgan fingerprint density at radius 1 is 1.40 bits per heavy atom. The Bertz CT molecular complexity index is 316. The molecule has 3 nitrogen and oxygen atoms in total. The van der Waals surface area contributed by atoms with Gasteiger partial charge in [-0.15, -0.1) is 0 Å². The molecule has 0 saturated carbocycles. The highest BCUT2D eigenvalue weighted by Gasteiger charge is 1.90. The molecule has 1 N–H and O–H groups in total. The predicted molar refractivity (Wildman–Crippen MR) is 59.7 cm³/mol. The van der Waals surface area contributed by atoms with E-state index >= 15 is 0 Å². The largest absolute Gasteiger partial charge is 0.478 e. The van der Waals surface area contributed by atoms with Crippen molar-refractivity contribution in [3.8, 4) is 5.75 Å². The number of para-hydroxylation sites is 1. The van der Waals surface area contributed by atoms with Crippen molar-refractivity contribution in [1.29, 1.82) is 0 Å². The van der Waals surface area contributed by atoms with Crippen LogP contribution in [0.25, 0.3) is 0 Å². The van der Waals surface area contributed by atoms with Gasteiger partial charge in [-0.3, -0.25) is 0 Å². The van der Waals surface area contributed by atoms with Crippen molar-refractivity contribution >= 4 is 5.97 Å². The van der Waals surface area contributed by atoms with Crippen LogP contribution in [0.5, 0.6) is 5.75 Å². The van der Waals surface area contributed by atoms with Gasteiger partial charge in [0.25, 0.3) is 0 Å². The molecule has 0 bridgehead atoms. The number of aliphatic carboxylic acids is 1. The number of ether oxygens (including phenoxy) is 1. The highest BCUT2D eigenvalue weighted by molar-refractivity contribution is 5.84. The molecule has 0 atom stereocenters. The summed E-state index contributed by atoms with van der Waals surface area (Å²) in [7, 11) is 0. The van der Waals surface area contributed by atoms with Gasteiger partial charge in [-0.1, -0.05) is 31.4 Å². The standard InChI is InChI=1S/C8H8O.C4H6O2/c1-2-9-8-6-4-3-5-7-8;1-3(2)4(5)6/h2-7H,1H2;1H2,2H3,(H,5,6). The molecule has 15 heavy (non-hydrogen) atoms. The maximum Gasteiger partial charge on any atom is 0.330 e. The summed E-state index contributed by atoms with van der Waals surface area (Å²) in [5, 5.41) is 7.89. The first-order valence-electron chi connectivity index (χ1n) is 4.29. The second-order valence-electron chi connectivity index (χ2n) is 2.68. The summed E-state index contributed by atoms with van der Waals surface area (Å²) in [6.45, 7) is 8.04. The number of rotatable bonds is 3. The van der Waals surface area contributed by atoms with Gasteiger partial charge in [-0.25, -0.2) is 4.79 Å². The van der Waals surface area contributed by atoms with Gasteiger partial charge in [0.15, 0.2) is 0 Å². The van der Waals surface area contributed by atoms with E-state index < -0.39 is 5.97 Å². The van der Waals surface area contributed by atoms with Gasteiger partial charge in [0, 0.05) is 5.57 Å². The van der Waals surface area contributed by atoms with Crippen molar-refractivity contribution < 1.29 is 14.6 Å². The molecule has 0 saturated heterocycles. The third-order valence-electron chi connectivity index (χ3n) is 1.33. The van der Waals surface area contributed by atoms with E-state index in [1.54, 1.807) is 0 Å². The van der Waals surface area contributed by atoms with Gasteiger partial charge in [-0.2, -0.15) is 0 Å². The zero-order valence-electron chi connectivity index (χ0n) is 8.64. The molecule has 1 aromatic rings. The van der Waals surface area contributed by atoms with Crippen LogP contribution in [-0.4, -0.2) is 11.1 Å². The van der Waals surface area contributed by atoms with Crippen molar-refractivity contribution in [2.45, 2.75) is 6.92 Å². The number of carboxylic acid groups (broad SMARTS) is 1. The van der Waals surface area contributed by atoms with Crippen molar-refractivity contribution in [3.05, 3.63) is 55.3 Å². The van der Waals surface area contributed by atoms with Crippen LogP contribution in [0.4, 0.5) is 0 Å². The number of hydrogen-bond donors (Lipinski definition) is 1. The van der Waals surface area contributed by atoms with Gasteiger partial charge in [-0.05, 0) is 19.1 Å². The van der Waals surface area contributed by atoms with Gasteiger partial charge >= 0.3 is 5.97 Å². The lowest BCUT2D eigenvalue weighted by Gasteiger charge is -1.95. The van der Waals surface area contributed by atoms with Crippen LogP contribution in [0.3, 0.4) is 0 Å². The highest BCUT2D eigenvalue weighted by Crippen LogP contribution is 2.07. The summed E-state index contributed by atoms with van der Waals surface area (Å²) in [5.41, 5.74) is 0.176. The molecule has 0 aliphatic carbocycles. The maximum absolute atomic E-state index is 9.60. The summed E-state index contributed by atoms with van der Waals surface area (Å²) < 4.78 is 4.97. The highest BCUT2D eigenvalue weighted by atomic mass is 16.5. The molecular formula is C12H14O3. The molecular weight excluding hydrogens is 192 g/mol. The van der Waals surface area contributed by atoms with Crippen molar-refractivity contribution in [2.75, 3.05) is 0 Å². The lowest BCUT2D eigenvalue weighted by atomic mass is 10.3. The minimum absolute atomic E-state index is 0.176. The first-order valence-corrected chi connectivity index (χ1v) is 4.29. The second kappa shape index (κ2) is 7.38. The van der Waals surface area contributed by atoms with E-state index in [1.807, 2.05) is 30.3 Å². The summed E-state index contributed by atoms with van der Waals surface area (Å²) in [5.74, 6) is -0.109. The number of carbonyl (C=O) groups is 1. The van der Waals surface area contributed by atoms with Crippen LogP contribution in [0.15, 0.2) is 55.3 Å². The van der Waals surface area contributed by atoms with E-state index in [9.17, 15) is 4.79 Å². The van der Waals surface area contributed by atoms with Crippen LogP contribution in [0, 0.1) is 0 Å². The molecule has 0 radical (unpaired) electrons. The monoisotopic (exact) mass is 206 g/mol. The molecule has 0 heterocycles. The molecule has 0 spiro atoms. The van der Waals surface area contributed by atoms with Gasteiger partial charge in [0.1, 0.15) is 5.75 Å². The van der Waals surface area contributed by atoms with Gasteiger partial charge < -0.3 is 9.84 Å². The maximum atomic E-state index is 9.60. The van der Waals surface area contributed by atoms with Crippen LogP contribution in [-0.2, 0) is 4.79 Å². The molecule has 0 fully saturated rings. The Balaban J connectivity index is 0.000000288. The predicted octanol–water partition coefficient (Wildman–Crippen LogP) is 2.86. The molecule has 80 valence electrons. The van der Waals surface area contributed by atoms with E-state index in [0.29, 0.717) is 0 Å². The molecule has 0 unspecified atom stereocenters. The van der Waals surface area contributed by atoms with Crippen LogP contribution >= 0.6 is 0 Å². The van der Waals surface area contributed by atoms with Gasteiger partial charge in [0.2, 0.25) is 0 Å². The molecule has 1 aromatic carbocycles. The zero-order chi connectivity index (χ0) is 11.7. The first-order chi connectivity index (χ1) is 7.07. The summed E-state index contributed by atoms with van der Waals surface area (Å²) >= 11 is 0. The Morgan fingerprint density at radius 3 is 2.20 bits per heavy atom. The second-order valence-corrected chi connectivity index (χ2v) is 2.68. The third kappa shape index (κ3) is 7.07. The van der Waals surface area contributed by atoms with E-state index in [2.05, 4.69) is 13.2 Å².